The Morgan fingerprint density at radius 1 is 1.10 bits per heavy atom. The quantitative estimate of drug-likeness (QED) is 0.695. The van der Waals surface area contributed by atoms with E-state index in [1.54, 1.807) is 16.7 Å². The fraction of sp³-hybridized carbons (Fsp3) is 0.364. The Labute approximate surface area is 179 Å². The van der Waals surface area contributed by atoms with Gasteiger partial charge in [-0.25, -0.2) is 9.97 Å². The van der Waals surface area contributed by atoms with Gasteiger partial charge >= 0.3 is 0 Å². The fourth-order valence-electron chi connectivity index (χ4n) is 3.83. The number of anilines is 1. The maximum atomic E-state index is 12.9. The van der Waals surface area contributed by atoms with Gasteiger partial charge in [0.2, 0.25) is 0 Å². The maximum absolute atomic E-state index is 12.9. The van der Waals surface area contributed by atoms with Gasteiger partial charge in [0.1, 0.15) is 17.3 Å². The van der Waals surface area contributed by atoms with Gasteiger partial charge in [0.25, 0.3) is 11.5 Å². The number of hydrogen-bond donors (Lipinski definition) is 1. The molecule has 1 aliphatic heterocycles. The van der Waals surface area contributed by atoms with E-state index in [2.05, 4.69) is 53.0 Å². The molecule has 1 saturated heterocycles. The van der Waals surface area contributed by atoms with Gasteiger partial charge in [-0.05, 0) is 37.3 Å². The standard InChI is InChI=1S/C22H25N5O2S/c1-14-5-4-6-16-15(2)11-19(25-21(14)16)26-7-9-27(10-8-26)22(29)17-12-20(28)24-18(23-17)13-30-3/h4-6,11-12H,7-10,13H2,1-3H3,(H,23,24,28). The number of carbonyl (C=O) groups excluding carboxylic acids is 1. The minimum atomic E-state index is -0.290. The van der Waals surface area contributed by atoms with Crippen molar-refractivity contribution in [3.8, 4) is 0 Å². The molecule has 0 unspecified atom stereocenters. The van der Waals surface area contributed by atoms with E-state index in [1.807, 2.05) is 6.26 Å². The average Bonchev–Trinajstić information content (AvgIpc) is 2.74. The second-order valence-electron chi connectivity index (χ2n) is 7.56. The lowest BCUT2D eigenvalue weighted by molar-refractivity contribution is 0.0740. The van der Waals surface area contributed by atoms with E-state index in [-0.39, 0.29) is 17.2 Å². The molecule has 7 nitrogen and oxygen atoms in total. The van der Waals surface area contributed by atoms with Gasteiger partial charge in [0.15, 0.2) is 0 Å². The molecule has 1 aliphatic rings. The second-order valence-corrected chi connectivity index (χ2v) is 8.42. The van der Waals surface area contributed by atoms with Crippen LogP contribution in [0, 0.1) is 13.8 Å². The van der Waals surface area contributed by atoms with E-state index in [4.69, 9.17) is 4.98 Å². The first-order valence-electron chi connectivity index (χ1n) is 9.96. The van der Waals surface area contributed by atoms with Crippen molar-refractivity contribution in [1.82, 2.24) is 19.9 Å². The number of rotatable bonds is 4. The van der Waals surface area contributed by atoms with E-state index < -0.39 is 0 Å². The number of amides is 1. The number of carbonyl (C=O) groups is 1. The SMILES string of the molecule is CSCc1nc(C(=O)N2CCN(c3cc(C)c4cccc(C)c4n3)CC2)cc(=O)[nH]1. The van der Waals surface area contributed by atoms with Crippen LogP contribution in [-0.2, 0) is 5.75 Å². The van der Waals surface area contributed by atoms with Crippen LogP contribution in [0.25, 0.3) is 10.9 Å². The minimum absolute atomic E-state index is 0.193. The molecule has 3 heterocycles. The first-order valence-corrected chi connectivity index (χ1v) is 11.4. The minimum Gasteiger partial charge on any atom is -0.353 e. The third kappa shape index (κ3) is 4.05. The van der Waals surface area contributed by atoms with Crippen LogP contribution in [0.4, 0.5) is 5.82 Å². The van der Waals surface area contributed by atoms with Gasteiger partial charge in [0, 0.05) is 37.6 Å². The van der Waals surface area contributed by atoms with Gasteiger partial charge in [0.05, 0.1) is 11.3 Å². The first kappa shape index (κ1) is 20.4. The summed E-state index contributed by atoms with van der Waals surface area (Å²) in [4.78, 5) is 40.7. The number of thioether (sulfide) groups is 1. The lowest BCUT2D eigenvalue weighted by atomic mass is 10.1. The number of H-pyrrole nitrogens is 1. The topological polar surface area (TPSA) is 82.2 Å². The second kappa shape index (κ2) is 8.47. The van der Waals surface area contributed by atoms with Gasteiger partial charge < -0.3 is 14.8 Å². The summed E-state index contributed by atoms with van der Waals surface area (Å²) < 4.78 is 0. The Balaban J connectivity index is 1.50. The summed E-state index contributed by atoms with van der Waals surface area (Å²) in [6, 6.07) is 9.64. The largest absolute Gasteiger partial charge is 0.353 e. The predicted octanol–water partition coefficient (Wildman–Crippen LogP) is 2.76. The highest BCUT2D eigenvalue weighted by Crippen LogP contribution is 2.25. The van der Waals surface area contributed by atoms with Crippen LogP contribution in [0.1, 0.15) is 27.4 Å². The van der Waals surface area contributed by atoms with Gasteiger partial charge in [-0.2, -0.15) is 11.8 Å². The van der Waals surface area contributed by atoms with Crippen LogP contribution in [0.15, 0.2) is 35.1 Å². The zero-order chi connectivity index (χ0) is 21.3. The Bertz CT molecular complexity index is 1150. The molecule has 2 aromatic heterocycles. The van der Waals surface area contributed by atoms with Crippen LogP contribution in [-0.4, -0.2) is 58.2 Å². The van der Waals surface area contributed by atoms with E-state index in [9.17, 15) is 9.59 Å². The summed E-state index contributed by atoms with van der Waals surface area (Å²) in [5.41, 5.74) is 3.31. The van der Waals surface area contributed by atoms with Crippen LogP contribution in [0.3, 0.4) is 0 Å². The van der Waals surface area contributed by atoms with Crippen molar-refractivity contribution in [2.45, 2.75) is 19.6 Å². The molecule has 1 fully saturated rings. The van der Waals surface area contributed by atoms with Crippen molar-refractivity contribution in [3.63, 3.8) is 0 Å². The van der Waals surface area contributed by atoms with Crippen LogP contribution in [0.2, 0.25) is 0 Å². The molecule has 1 aromatic carbocycles. The van der Waals surface area contributed by atoms with Crippen LogP contribution in [0.5, 0.6) is 0 Å². The number of nitrogens with zero attached hydrogens (tertiary/aromatic N) is 4. The predicted molar refractivity (Wildman–Crippen MR) is 121 cm³/mol. The lowest BCUT2D eigenvalue weighted by Gasteiger charge is -2.35. The fourth-order valence-corrected chi connectivity index (χ4v) is 4.24. The Kier molecular flexibility index (Phi) is 5.76. The molecule has 0 spiro atoms. The van der Waals surface area contributed by atoms with Crippen LogP contribution >= 0.6 is 11.8 Å². The number of benzene rings is 1. The molecule has 1 N–H and O–H groups in total. The molecule has 3 aromatic rings. The molecule has 8 heteroatoms. The zero-order valence-corrected chi connectivity index (χ0v) is 18.3. The maximum Gasteiger partial charge on any atom is 0.272 e. The summed E-state index contributed by atoms with van der Waals surface area (Å²) in [5, 5.41) is 1.17. The average molecular weight is 424 g/mol. The number of hydrogen-bond acceptors (Lipinski definition) is 6. The summed E-state index contributed by atoms with van der Waals surface area (Å²) in [7, 11) is 0. The molecule has 0 atom stereocenters. The Hall–Kier alpha value is -2.87. The summed E-state index contributed by atoms with van der Waals surface area (Å²) in [6.45, 7) is 6.70. The molecule has 156 valence electrons. The van der Waals surface area contributed by atoms with Crippen molar-refractivity contribution < 1.29 is 4.79 Å². The lowest BCUT2D eigenvalue weighted by Crippen LogP contribution is -2.49. The van der Waals surface area contributed by atoms with E-state index in [0.29, 0.717) is 37.8 Å². The molecule has 0 aliphatic carbocycles. The molecule has 1 amide bonds. The zero-order valence-electron chi connectivity index (χ0n) is 17.4. The highest BCUT2D eigenvalue weighted by Gasteiger charge is 2.24. The normalized spacial score (nSPS) is 14.4. The number of nitrogens with one attached hydrogen (secondary N) is 1. The molecule has 0 radical (unpaired) electrons. The van der Waals surface area contributed by atoms with E-state index >= 15 is 0 Å². The van der Waals surface area contributed by atoms with Crippen molar-refractivity contribution in [2.24, 2.45) is 0 Å². The number of aromatic amines is 1. The monoisotopic (exact) mass is 423 g/mol. The first-order chi connectivity index (χ1) is 14.5. The highest BCUT2D eigenvalue weighted by atomic mass is 32.2. The van der Waals surface area contributed by atoms with Crippen molar-refractivity contribution in [1.29, 1.82) is 0 Å². The van der Waals surface area contributed by atoms with Crippen molar-refractivity contribution >= 4 is 34.4 Å². The molecule has 0 bridgehead atoms. The number of fused-ring (bicyclic) bond motifs is 1. The third-order valence-electron chi connectivity index (χ3n) is 5.42. The van der Waals surface area contributed by atoms with Gasteiger partial charge in [-0.1, -0.05) is 18.2 Å². The number of pyridine rings is 1. The van der Waals surface area contributed by atoms with Gasteiger partial charge in [-0.3, -0.25) is 9.59 Å². The summed E-state index contributed by atoms with van der Waals surface area (Å²) in [5.74, 6) is 1.85. The van der Waals surface area contributed by atoms with E-state index in [1.165, 1.54) is 17.0 Å². The van der Waals surface area contributed by atoms with E-state index in [0.717, 1.165) is 16.9 Å². The number of piperazine rings is 1. The number of aromatic nitrogens is 3. The smallest absolute Gasteiger partial charge is 0.272 e. The Morgan fingerprint density at radius 3 is 2.60 bits per heavy atom. The third-order valence-corrected chi connectivity index (χ3v) is 5.98. The highest BCUT2D eigenvalue weighted by molar-refractivity contribution is 7.97. The number of aryl methyl sites for hydroxylation is 2. The van der Waals surface area contributed by atoms with Crippen LogP contribution < -0.4 is 10.5 Å². The Morgan fingerprint density at radius 2 is 1.87 bits per heavy atom. The van der Waals surface area contributed by atoms with Crippen molar-refractivity contribution in [2.75, 3.05) is 37.3 Å². The molecule has 30 heavy (non-hydrogen) atoms. The van der Waals surface area contributed by atoms with Crippen molar-refractivity contribution in [3.05, 3.63) is 63.3 Å². The number of para-hydroxylation sites is 1. The summed E-state index contributed by atoms with van der Waals surface area (Å²) in [6.07, 6.45) is 1.93. The molecule has 0 saturated carbocycles. The van der Waals surface area contributed by atoms with Gasteiger partial charge in [-0.15, -0.1) is 0 Å². The summed E-state index contributed by atoms with van der Waals surface area (Å²) >= 11 is 1.55. The molecule has 4 rings (SSSR count). The molecular formula is C22H25N5O2S. The molecular weight excluding hydrogens is 398 g/mol.